The van der Waals surface area contributed by atoms with Crippen molar-refractivity contribution in [3.63, 3.8) is 0 Å². The van der Waals surface area contributed by atoms with E-state index in [0.29, 0.717) is 0 Å². The van der Waals surface area contributed by atoms with Gasteiger partial charge in [0.2, 0.25) is 0 Å². The van der Waals surface area contributed by atoms with E-state index in [9.17, 15) is 22.8 Å². The lowest BCUT2D eigenvalue weighted by Gasteiger charge is -2.17. The topological polar surface area (TPSA) is 87.7 Å². The fraction of sp³-hybridized carbons (Fsp3) is 0.818. The van der Waals surface area contributed by atoms with Gasteiger partial charge in [-0.15, -0.1) is 0 Å². The maximum Gasteiger partial charge on any atom is 0.411 e. The lowest BCUT2D eigenvalue weighted by Crippen LogP contribution is -2.42. The number of hydrogen-bond donors (Lipinski definition) is 3. The molecule has 0 aromatic rings. The molecule has 0 heterocycles. The van der Waals surface area contributed by atoms with Gasteiger partial charge in [-0.1, -0.05) is 13.8 Å². The number of alkyl halides is 3. The SMILES string of the molecule is CC(C)C(CNC(=O)NCCOCC(F)(F)F)C(=O)O. The first-order chi connectivity index (χ1) is 9.13. The molecule has 2 amide bonds. The molecule has 0 saturated heterocycles. The minimum atomic E-state index is -4.39. The number of rotatable bonds is 8. The minimum absolute atomic E-state index is 0.0533. The van der Waals surface area contributed by atoms with Gasteiger partial charge in [0.25, 0.3) is 0 Å². The molecule has 6 nitrogen and oxygen atoms in total. The Hall–Kier alpha value is -1.51. The van der Waals surface area contributed by atoms with Gasteiger partial charge < -0.3 is 20.5 Å². The Labute approximate surface area is 114 Å². The minimum Gasteiger partial charge on any atom is -0.481 e. The van der Waals surface area contributed by atoms with Crippen LogP contribution in [0, 0.1) is 11.8 Å². The van der Waals surface area contributed by atoms with Gasteiger partial charge in [-0.3, -0.25) is 4.79 Å². The summed E-state index contributed by atoms with van der Waals surface area (Å²) in [4.78, 5) is 22.1. The molecule has 118 valence electrons. The Kier molecular flexibility index (Phi) is 7.97. The summed E-state index contributed by atoms with van der Waals surface area (Å²) in [6.45, 7) is 1.63. The highest BCUT2D eigenvalue weighted by Crippen LogP contribution is 2.13. The van der Waals surface area contributed by atoms with Crippen LogP contribution in [0.5, 0.6) is 0 Å². The zero-order chi connectivity index (χ0) is 15.8. The summed E-state index contributed by atoms with van der Waals surface area (Å²) in [5, 5.41) is 13.5. The second-order valence-electron chi connectivity index (χ2n) is 4.49. The number of hydrogen-bond acceptors (Lipinski definition) is 3. The highest BCUT2D eigenvalue weighted by Gasteiger charge is 2.27. The lowest BCUT2D eigenvalue weighted by atomic mass is 9.96. The number of amides is 2. The van der Waals surface area contributed by atoms with E-state index in [2.05, 4.69) is 15.4 Å². The summed E-state index contributed by atoms with van der Waals surface area (Å²) in [6, 6.07) is -0.646. The predicted octanol–water partition coefficient (Wildman–Crippen LogP) is 1.22. The van der Waals surface area contributed by atoms with Gasteiger partial charge in [0, 0.05) is 13.1 Å². The molecule has 0 aromatic carbocycles. The van der Waals surface area contributed by atoms with Crippen LogP contribution >= 0.6 is 0 Å². The average Bonchev–Trinajstić information content (AvgIpc) is 2.26. The lowest BCUT2D eigenvalue weighted by molar-refractivity contribution is -0.173. The number of carboxylic acid groups (broad SMARTS) is 1. The molecule has 20 heavy (non-hydrogen) atoms. The molecule has 0 aromatic heterocycles. The molecule has 0 bridgehead atoms. The van der Waals surface area contributed by atoms with Crippen LogP contribution in [-0.4, -0.2) is 49.6 Å². The first-order valence-corrected chi connectivity index (χ1v) is 6.02. The van der Waals surface area contributed by atoms with Crippen LogP contribution < -0.4 is 10.6 Å². The Morgan fingerprint density at radius 1 is 1.25 bits per heavy atom. The third-order valence-electron chi connectivity index (χ3n) is 2.40. The number of carbonyl (C=O) groups excluding carboxylic acids is 1. The van der Waals surface area contributed by atoms with Crippen molar-refractivity contribution in [3.05, 3.63) is 0 Å². The van der Waals surface area contributed by atoms with Crippen molar-refractivity contribution in [1.29, 1.82) is 0 Å². The fourth-order valence-electron chi connectivity index (χ4n) is 1.30. The number of nitrogens with one attached hydrogen (secondary N) is 2. The van der Waals surface area contributed by atoms with E-state index < -0.39 is 30.7 Å². The molecule has 3 N–H and O–H groups in total. The molecular formula is C11H19F3N2O4. The summed E-state index contributed by atoms with van der Waals surface area (Å²) in [5.74, 6) is -1.89. The maximum absolute atomic E-state index is 11.7. The summed E-state index contributed by atoms with van der Waals surface area (Å²) >= 11 is 0. The van der Waals surface area contributed by atoms with E-state index in [-0.39, 0.29) is 25.6 Å². The third-order valence-corrected chi connectivity index (χ3v) is 2.40. The van der Waals surface area contributed by atoms with Crippen LogP contribution in [0.2, 0.25) is 0 Å². The Balaban J connectivity index is 3.76. The van der Waals surface area contributed by atoms with Gasteiger partial charge >= 0.3 is 18.2 Å². The largest absolute Gasteiger partial charge is 0.481 e. The summed E-state index contributed by atoms with van der Waals surface area (Å²) in [5.41, 5.74) is 0. The highest BCUT2D eigenvalue weighted by atomic mass is 19.4. The predicted molar refractivity (Wildman–Crippen MR) is 64.2 cm³/mol. The second-order valence-corrected chi connectivity index (χ2v) is 4.49. The zero-order valence-corrected chi connectivity index (χ0v) is 11.3. The number of aliphatic carboxylic acids is 1. The molecule has 0 saturated carbocycles. The Morgan fingerprint density at radius 2 is 1.85 bits per heavy atom. The van der Waals surface area contributed by atoms with E-state index in [1.54, 1.807) is 13.8 Å². The number of halogens is 3. The molecule has 0 aliphatic carbocycles. The maximum atomic E-state index is 11.7. The van der Waals surface area contributed by atoms with Crippen LogP contribution in [0.4, 0.5) is 18.0 Å². The van der Waals surface area contributed by atoms with Gasteiger partial charge in [-0.25, -0.2) is 4.79 Å². The van der Waals surface area contributed by atoms with Crippen LogP contribution in [0.1, 0.15) is 13.8 Å². The van der Waals surface area contributed by atoms with Gasteiger partial charge in [-0.2, -0.15) is 13.2 Å². The van der Waals surface area contributed by atoms with E-state index in [0.717, 1.165) is 0 Å². The van der Waals surface area contributed by atoms with Crippen molar-refractivity contribution in [3.8, 4) is 0 Å². The van der Waals surface area contributed by atoms with Gasteiger partial charge in [-0.05, 0) is 5.92 Å². The third kappa shape index (κ3) is 9.42. The number of carboxylic acids is 1. The first kappa shape index (κ1) is 18.5. The summed E-state index contributed by atoms with van der Waals surface area (Å²) in [6.07, 6.45) is -4.39. The molecule has 0 aliphatic heterocycles. The summed E-state index contributed by atoms with van der Waals surface area (Å²) in [7, 11) is 0. The molecule has 0 spiro atoms. The average molecular weight is 300 g/mol. The molecule has 1 unspecified atom stereocenters. The Morgan fingerprint density at radius 3 is 2.30 bits per heavy atom. The van der Waals surface area contributed by atoms with Crippen LogP contribution in [-0.2, 0) is 9.53 Å². The molecule has 1 atom stereocenters. The Bertz CT molecular complexity index is 321. The van der Waals surface area contributed by atoms with Crippen molar-refractivity contribution in [2.24, 2.45) is 11.8 Å². The second kappa shape index (κ2) is 8.62. The van der Waals surface area contributed by atoms with E-state index >= 15 is 0 Å². The number of ether oxygens (including phenoxy) is 1. The highest BCUT2D eigenvalue weighted by molar-refractivity contribution is 5.75. The van der Waals surface area contributed by atoms with Crippen molar-refractivity contribution < 1.29 is 32.6 Å². The quantitative estimate of drug-likeness (QED) is 0.588. The van der Waals surface area contributed by atoms with Crippen LogP contribution in [0.15, 0.2) is 0 Å². The molecular weight excluding hydrogens is 281 g/mol. The number of carbonyl (C=O) groups is 2. The van der Waals surface area contributed by atoms with Crippen molar-refractivity contribution in [1.82, 2.24) is 10.6 Å². The molecule has 9 heteroatoms. The number of urea groups is 1. The van der Waals surface area contributed by atoms with Crippen molar-refractivity contribution in [2.75, 3.05) is 26.3 Å². The normalized spacial score (nSPS) is 13.1. The van der Waals surface area contributed by atoms with E-state index in [1.807, 2.05) is 0 Å². The monoisotopic (exact) mass is 300 g/mol. The zero-order valence-electron chi connectivity index (χ0n) is 11.3. The standard InChI is InChI=1S/C11H19F3N2O4/c1-7(2)8(9(17)18)5-16-10(19)15-3-4-20-6-11(12,13)14/h7-8H,3-6H2,1-2H3,(H,17,18)(H2,15,16,19). The molecule has 0 aliphatic rings. The smallest absolute Gasteiger partial charge is 0.411 e. The van der Waals surface area contributed by atoms with Gasteiger partial charge in [0.05, 0.1) is 12.5 Å². The summed E-state index contributed by atoms with van der Waals surface area (Å²) < 4.78 is 39.5. The molecule has 0 rings (SSSR count). The first-order valence-electron chi connectivity index (χ1n) is 6.02. The molecule has 0 fully saturated rings. The van der Waals surface area contributed by atoms with Gasteiger partial charge in [0.15, 0.2) is 0 Å². The van der Waals surface area contributed by atoms with Crippen LogP contribution in [0.3, 0.4) is 0 Å². The van der Waals surface area contributed by atoms with Gasteiger partial charge in [0.1, 0.15) is 6.61 Å². The fourth-order valence-corrected chi connectivity index (χ4v) is 1.30. The molecule has 0 radical (unpaired) electrons. The van der Waals surface area contributed by atoms with E-state index in [4.69, 9.17) is 5.11 Å². The van der Waals surface area contributed by atoms with Crippen LogP contribution in [0.25, 0.3) is 0 Å². The van der Waals surface area contributed by atoms with Crippen molar-refractivity contribution >= 4 is 12.0 Å². The van der Waals surface area contributed by atoms with E-state index in [1.165, 1.54) is 0 Å². The van der Waals surface area contributed by atoms with Crippen molar-refractivity contribution in [2.45, 2.75) is 20.0 Å².